The summed E-state index contributed by atoms with van der Waals surface area (Å²) in [6, 6.07) is 71.9. The SMILES string of the molecule is CCC1(CC)c2cc(/C=C/c3cc(-c4ccccc4)c(-c4ccccc4)c(-c4ccccc4)c3-c3ccccc3)ccc2-c2ccc(N(C3=CC4CCCC[C@@H]4S3)c3ccccc3)cc21. The summed E-state index contributed by atoms with van der Waals surface area (Å²) >= 11 is 2.11. The summed E-state index contributed by atoms with van der Waals surface area (Å²) in [5.74, 6) is 0.672. The molecule has 0 aromatic heterocycles. The maximum atomic E-state index is 2.60. The van der Waals surface area contributed by atoms with E-state index < -0.39 is 0 Å². The molecule has 318 valence electrons. The number of nitrogens with zero attached hydrogens (tertiary/aromatic N) is 1. The van der Waals surface area contributed by atoms with Gasteiger partial charge in [-0.15, -0.1) is 11.8 Å². The summed E-state index contributed by atoms with van der Waals surface area (Å²) in [6.07, 6.45) is 14.7. The zero-order chi connectivity index (χ0) is 43.7. The number of para-hydroxylation sites is 1. The van der Waals surface area contributed by atoms with Crippen LogP contribution >= 0.6 is 11.8 Å². The van der Waals surface area contributed by atoms with E-state index in [2.05, 4.69) is 243 Å². The molecule has 1 unspecified atom stereocenters. The molecule has 1 nitrogen and oxygen atoms in total. The van der Waals surface area contributed by atoms with Crippen LogP contribution in [0, 0.1) is 5.92 Å². The molecule has 8 aromatic carbocycles. The average molecular weight is 858 g/mol. The second-order valence-corrected chi connectivity index (χ2v) is 19.3. The van der Waals surface area contributed by atoms with Crippen LogP contribution in [0.5, 0.6) is 0 Å². The summed E-state index contributed by atoms with van der Waals surface area (Å²) < 4.78 is 0. The lowest BCUT2D eigenvalue weighted by atomic mass is 9.73. The van der Waals surface area contributed by atoms with Crippen molar-refractivity contribution in [3.8, 4) is 55.6 Å². The monoisotopic (exact) mass is 857 g/mol. The molecule has 8 aromatic rings. The van der Waals surface area contributed by atoms with E-state index in [9.17, 15) is 0 Å². The van der Waals surface area contributed by atoms with Crippen molar-refractivity contribution in [1.29, 1.82) is 0 Å². The number of hydrogen-bond acceptors (Lipinski definition) is 2. The van der Waals surface area contributed by atoms with Crippen molar-refractivity contribution in [3.63, 3.8) is 0 Å². The standard InChI is InChI=1S/C63H55NS/c1-3-63(4-2)56-40-44(35-38-53(56)54-39-37-52(43-57(54)63)64(51-31-18-9-19-32-51)59-42-49-30-20-21-33-58(49)65-59)34-36-50-41-55(45-22-10-5-11-23-45)61(47-26-14-7-15-27-47)62(48-28-16-8-17-29-48)60(50)46-24-12-6-13-25-46/h5-19,22-29,31-32,34-43,49,58H,3-4,20-21,30,33H2,1-2H3/b36-34+/t49?,58-/m0/s1. The molecule has 2 atom stereocenters. The Labute approximate surface area is 390 Å². The first-order chi connectivity index (χ1) is 32.1. The van der Waals surface area contributed by atoms with Gasteiger partial charge in [-0.3, -0.25) is 0 Å². The van der Waals surface area contributed by atoms with E-state index in [0.29, 0.717) is 11.2 Å². The van der Waals surface area contributed by atoms with Gasteiger partial charge in [0.05, 0.1) is 5.03 Å². The lowest BCUT2D eigenvalue weighted by Gasteiger charge is -2.32. The number of benzene rings is 8. The second kappa shape index (κ2) is 17.8. The highest BCUT2D eigenvalue weighted by Gasteiger charge is 2.42. The van der Waals surface area contributed by atoms with Crippen LogP contribution in [0.3, 0.4) is 0 Å². The molecule has 0 spiro atoms. The molecule has 0 amide bonds. The highest BCUT2D eigenvalue weighted by atomic mass is 32.2. The van der Waals surface area contributed by atoms with Gasteiger partial charge < -0.3 is 4.90 Å². The van der Waals surface area contributed by atoms with E-state index >= 15 is 0 Å². The first-order valence-electron chi connectivity index (χ1n) is 23.8. The van der Waals surface area contributed by atoms with Gasteiger partial charge in [0.25, 0.3) is 0 Å². The number of hydrogen-bond donors (Lipinski definition) is 0. The minimum Gasteiger partial charge on any atom is -0.305 e. The average Bonchev–Trinajstić information content (AvgIpc) is 3.93. The van der Waals surface area contributed by atoms with Crippen molar-refractivity contribution in [2.75, 3.05) is 4.90 Å². The lowest BCUT2D eigenvalue weighted by molar-refractivity contribution is 0.437. The Hall–Kier alpha value is -6.61. The van der Waals surface area contributed by atoms with Gasteiger partial charge in [0.1, 0.15) is 0 Å². The van der Waals surface area contributed by atoms with Crippen LogP contribution in [0.25, 0.3) is 67.8 Å². The molecule has 0 bridgehead atoms. The van der Waals surface area contributed by atoms with Gasteiger partial charge in [0.2, 0.25) is 0 Å². The molecule has 1 fully saturated rings. The zero-order valence-corrected chi connectivity index (χ0v) is 38.3. The molecule has 0 saturated heterocycles. The summed E-state index contributed by atoms with van der Waals surface area (Å²) in [5.41, 5.74) is 20.2. The van der Waals surface area contributed by atoms with Crippen LogP contribution in [-0.2, 0) is 5.41 Å². The van der Waals surface area contributed by atoms with Crippen molar-refractivity contribution in [3.05, 3.63) is 227 Å². The number of rotatable bonds is 11. The van der Waals surface area contributed by atoms with Gasteiger partial charge in [-0.25, -0.2) is 0 Å². The maximum absolute atomic E-state index is 2.60. The Morgan fingerprint density at radius 3 is 1.65 bits per heavy atom. The van der Waals surface area contributed by atoms with Crippen molar-refractivity contribution in [2.45, 2.75) is 63.0 Å². The van der Waals surface area contributed by atoms with Gasteiger partial charge in [0.15, 0.2) is 0 Å². The number of anilines is 2. The largest absolute Gasteiger partial charge is 0.305 e. The molecule has 0 radical (unpaired) electrons. The fraction of sp³-hybridized carbons (Fsp3) is 0.175. The third-order valence-corrected chi connectivity index (χ3v) is 16.0. The smallest absolute Gasteiger partial charge is 0.0763 e. The minimum atomic E-state index is -0.0917. The molecule has 65 heavy (non-hydrogen) atoms. The Kier molecular flexibility index (Phi) is 11.2. The molecule has 2 heteroatoms. The third-order valence-electron chi connectivity index (χ3n) is 14.5. The van der Waals surface area contributed by atoms with Crippen LogP contribution in [0.15, 0.2) is 205 Å². The number of fused-ring (bicyclic) bond motifs is 4. The molecule has 3 aliphatic rings. The van der Waals surface area contributed by atoms with Gasteiger partial charge in [-0.05, 0) is 146 Å². The fourth-order valence-electron chi connectivity index (χ4n) is 11.3. The van der Waals surface area contributed by atoms with Gasteiger partial charge in [0, 0.05) is 22.0 Å². The number of thioether (sulfide) groups is 1. The summed E-state index contributed by atoms with van der Waals surface area (Å²) in [5, 5.41) is 2.09. The van der Waals surface area contributed by atoms with Gasteiger partial charge in [-0.2, -0.15) is 0 Å². The fourth-order valence-corrected chi connectivity index (χ4v) is 12.8. The van der Waals surface area contributed by atoms with Crippen molar-refractivity contribution in [2.24, 2.45) is 5.92 Å². The highest BCUT2D eigenvalue weighted by molar-refractivity contribution is 8.04. The second-order valence-electron chi connectivity index (χ2n) is 18.0. The first kappa shape index (κ1) is 41.1. The van der Waals surface area contributed by atoms with Crippen molar-refractivity contribution >= 4 is 35.3 Å². The van der Waals surface area contributed by atoms with E-state index in [0.717, 1.165) is 12.8 Å². The van der Waals surface area contributed by atoms with E-state index in [1.54, 1.807) is 0 Å². The summed E-state index contributed by atoms with van der Waals surface area (Å²) in [6.45, 7) is 4.78. The first-order valence-corrected chi connectivity index (χ1v) is 24.7. The molecule has 1 aliphatic heterocycles. The normalized spacial score (nSPS) is 17.0. The maximum Gasteiger partial charge on any atom is 0.0763 e. The van der Waals surface area contributed by atoms with Gasteiger partial charge >= 0.3 is 0 Å². The summed E-state index contributed by atoms with van der Waals surface area (Å²) in [4.78, 5) is 2.55. The highest BCUT2D eigenvalue weighted by Crippen LogP contribution is 2.56. The molecular formula is C63H55NS. The number of allylic oxidation sites excluding steroid dienone is 1. The Morgan fingerprint density at radius 2 is 1.03 bits per heavy atom. The molecule has 0 N–H and O–H groups in total. The van der Waals surface area contributed by atoms with E-state index in [1.807, 2.05) is 0 Å². The quantitative estimate of drug-likeness (QED) is 0.119. The molecule has 11 rings (SSSR count). The predicted molar refractivity (Wildman–Crippen MR) is 280 cm³/mol. The van der Waals surface area contributed by atoms with E-state index in [4.69, 9.17) is 0 Å². The third kappa shape index (κ3) is 7.48. The van der Waals surface area contributed by atoms with Crippen LogP contribution in [0.4, 0.5) is 11.4 Å². The molecule has 2 aliphatic carbocycles. The Balaban J connectivity index is 1.05. The van der Waals surface area contributed by atoms with E-state index in [-0.39, 0.29) is 5.41 Å². The summed E-state index contributed by atoms with van der Waals surface area (Å²) in [7, 11) is 0. The zero-order valence-electron chi connectivity index (χ0n) is 37.5. The molecule has 1 saturated carbocycles. The lowest BCUT2D eigenvalue weighted by Crippen LogP contribution is -2.24. The Bertz CT molecular complexity index is 3020. The molecular weight excluding hydrogens is 803 g/mol. The Morgan fingerprint density at radius 1 is 0.492 bits per heavy atom. The van der Waals surface area contributed by atoms with Crippen LogP contribution < -0.4 is 4.90 Å². The van der Waals surface area contributed by atoms with Crippen LogP contribution in [0.2, 0.25) is 0 Å². The van der Waals surface area contributed by atoms with Crippen LogP contribution in [-0.4, -0.2) is 5.25 Å². The van der Waals surface area contributed by atoms with Gasteiger partial charge in [-0.1, -0.05) is 203 Å². The minimum absolute atomic E-state index is 0.0917. The van der Waals surface area contributed by atoms with Crippen LogP contribution in [0.1, 0.15) is 74.6 Å². The predicted octanol–water partition coefficient (Wildman–Crippen LogP) is 17.9. The van der Waals surface area contributed by atoms with E-state index in [1.165, 1.54) is 120 Å². The topological polar surface area (TPSA) is 3.24 Å². The van der Waals surface area contributed by atoms with Crippen molar-refractivity contribution < 1.29 is 0 Å². The molecule has 1 heterocycles. The van der Waals surface area contributed by atoms with Crippen molar-refractivity contribution in [1.82, 2.24) is 0 Å².